The summed E-state index contributed by atoms with van der Waals surface area (Å²) < 4.78 is 35.4. The van der Waals surface area contributed by atoms with Crippen LogP contribution >= 0.6 is 11.8 Å². The zero-order chi connectivity index (χ0) is 20.0. The van der Waals surface area contributed by atoms with Crippen molar-refractivity contribution in [2.45, 2.75) is 18.2 Å². The maximum absolute atomic E-state index is 12.7. The Morgan fingerprint density at radius 3 is 2.33 bits per heavy atom. The Kier molecular flexibility index (Phi) is 7.09. The van der Waals surface area contributed by atoms with Crippen molar-refractivity contribution in [1.82, 2.24) is 4.98 Å². The number of sulfonamides is 1. The lowest BCUT2D eigenvalue weighted by Crippen LogP contribution is -2.36. The Morgan fingerprint density at radius 2 is 1.78 bits per heavy atom. The topological polar surface area (TPSA) is 85.8 Å². The first-order valence-corrected chi connectivity index (χ1v) is 10.9. The molecule has 146 valence electrons. The molecule has 0 aliphatic carbocycles. The maximum Gasteiger partial charge on any atom is 0.242 e. The maximum atomic E-state index is 12.7. The largest absolute Gasteiger partial charge is 0.481 e. The van der Waals surface area contributed by atoms with Crippen LogP contribution in [0, 0.1) is 6.92 Å². The van der Waals surface area contributed by atoms with Crippen molar-refractivity contribution < 1.29 is 22.7 Å². The molecule has 1 aromatic carbocycles. The van der Waals surface area contributed by atoms with Gasteiger partial charge in [-0.15, -0.1) is 11.8 Å². The monoisotopic (exact) mass is 410 g/mol. The van der Waals surface area contributed by atoms with Crippen LogP contribution in [0.2, 0.25) is 0 Å². The Balaban J connectivity index is 2.19. The molecule has 0 N–H and O–H groups in total. The second-order valence-corrected chi connectivity index (χ2v) is 8.71. The quantitative estimate of drug-likeness (QED) is 0.619. The summed E-state index contributed by atoms with van der Waals surface area (Å²) in [5.74, 6) is 0.146. The molecule has 0 spiro atoms. The second kappa shape index (κ2) is 9.09. The highest BCUT2D eigenvalue weighted by molar-refractivity contribution is 7.99. The molecule has 7 nitrogen and oxygen atoms in total. The molecule has 2 aromatic rings. The van der Waals surface area contributed by atoms with Gasteiger partial charge < -0.3 is 9.47 Å². The Labute approximate surface area is 163 Å². The predicted octanol–water partition coefficient (Wildman–Crippen LogP) is 2.88. The standard InChI is InChI=1S/C18H22N2O5S2/c1-13-5-7-14(8-6-13)26-12-11-17(21)20(27(4,22)23)15-9-10-16(24-2)19-18(15)25-3/h5-10H,11-12H2,1-4H3. The minimum absolute atomic E-state index is 0.000636. The van der Waals surface area contributed by atoms with Crippen molar-refractivity contribution in [2.24, 2.45) is 0 Å². The SMILES string of the molecule is COc1ccc(N(C(=O)CCSc2ccc(C)cc2)S(C)(=O)=O)c(OC)n1. The number of aromatic nitrogens is 1. The van der Waals surface area contributed by atoms with E-state index in [-0.39, 0.29) is 23.9 Å². The average molecular weight is 411 g/mol. The fourth-order valence-corrected chi connectivity index (χ4v) is 4.12. The van der Waals surface area contributed by atoms with Crippen molar-refractivity contribution in [3.8, 4) is 11.8 Å². The predicted molar refractivity (Wildman–Crippen MR) is 106 cm³/mol. The molecule has 0 bridgehead atoms. The summed E-state index contributed by atoms with van der Waals surface area (Å²) in [6.45, 7) is 2.00. The second-order valence-electron chi connectivity index (χ2n) is 5.71. The molecule has 2 rings (SSSR count). The highest BCUT2D eigenvalue weighted by Gasteiger charge is 2.28. The van der Waals surface area contributed by atoms with Crippen LogP contribution < -0.4 is 13.8 Å². The third-order valence-electron chi connectivity index (χ3n) is 3.60. The van der Waals surface area contributed by atoms with Gasteiger partial charge in [-0.1, -0.05) is 17.7 Å². The van der Waals surface area contributed by atoms with Crippen LogP contribution in [0.4, 0.5) is 5.69 Å². The summed E-state index contributed by atoms with van der Waals surface area (Å²) in [6.07, 6.45) is 1.02. The zero-order valence-electron chi connectivity index (χ0n) is 15.6. The lowest BCUT2D eigenvalue weighted by Gasteiger charge is -2.22. The van der Waals surface area contributed by atoms with Crippen LogP contribution in [0.5, 0.6) is 11.8 Å². The smallest absolute Gasteiger partial charge is 0.242 e. The molecule has 27 heavy (non-hydrogen) atoms. The molecule has 0 atom stereocenters. The normalized spacial score (nSPS) is 11.1. The summed E-state index contributed by atoms with van der Waals surface area (Å²) in [4.78, 5) is 17.7. The van der Waals surface area contributed by atoms with Gasteiger partial charge >= 0.3 is 0 Å². The number of benzene rings is 1. The Morgan fingerprint density at radius 1 is 1.11 bits per heavy atom. The first kappa shape index (κ1) is 21.0. The first-order valence-electron chi connectivity index (χ1n) is 8.08. The van der Waals surface area contributed by atoms with E-state index in [9.17, 15) is 13.2 Å². The average Bonchev–Trinajstić information content (AvgIpc) is 2.62. The summed E-state index contributed by atoms with van der Waals surface area (Å²) in [5.41, 5.74) is 1.21. The van der Waals surface area contributed by atoms with E-state index in [2.05, 4.69) is 4.98 Å². The van der Waals surface area contributed by atoms with E-state index in [1.54, 1.807) is 0 Å². The molecule has 0 aliphatic heterocycles. The van der Waals surface area contributed by atoms with Gasteiger partial charge in [-0.2, -0.15) is 4.98 Å². The molecule has 1 amide bonds. The number of amides is 1. The van der Waals surface area contributed by atoms with Crippen LogP contribution in [-0.2, 0) is 14.8 Å². The lowest BCUT2D eigenvalue weighted by atomic mass is 10.2. The van der Waals surface area contributed by atoms with Gasteiger partial charge in [-0.3, -0.25) is 4.79 Å². The number of nitrogens with zero attached hydrogens (tertiary/aromatic N) is 2. The van der Waals surface area contributed by atoms with Gasteiger partial charge in [0.1, 0.15) is 5.69 Å². The number of pyridine rings is 1. The van der Waals surface area contributed by atoms with E-state index < -0.39 is 15.9 Å². The van der Waals surface area contributed by atoms with E-state index in [1.807, 2.05) is 31.2 Å². The van der Waals surface area contributed by atoms with Gasteiger partial charge in [0.15, 0.2) is 0 Å². The van der Waals surface area contributed by atoms with Gasteiger partial charge in [0, 0.05) is 23.1 Å². The number of ether oxygens (including phenoxy) is 2. The summed E-state index contributed by atoms with van der Waals surface area (Å²) in [6, 6.07) is 10.8. The van der Waals surface area contributed by atoms with E-state index in [1.165, 1.54) is 38.1 Å². The molecule has 1 heterocycles. The summed E-state index contributed by atoms with van der Waals surface area (Å²) >= 11 is 1.49. The van der Waals surface area contributed by atoms with Crippen molar-refractivity contribution in [3.05, 3.63) is 42.0 Å². The summed E-state index contributed by atoms with van der Waals surface area (Å²) in [5, 5.41) is 0. The molecule has 0 saturated carbocycles. The molecular formula is C18H22N2O5S2. The fourth-order valence-electron chi connectivity index (χ4n) is 2.32. The molecular weight excluding hydrogens is 388 g/mol. The molecule has 0 saturated heterocycles. The summed E-state index contributed by atoms with van der Waals surface area (Å²) in [7, 11) is -1.07. The van der Waals surface area contributed by atoms with E-state index in [0.29, 0.717) is 5.75 Å². The van der Waals surface area contributed by atoms with Crippen LogP contribution in [0.15, 0.2) is 41.3 Å². The van der Waals surface area contributed by atoms with Gasteiger partial charge in [0.25, 0.3) is 0 Å². The molecule has 0 fully saturated rings. The minimum Gasteiger partial charge on any atom is -0.481 e. The van der Waals surface area contributed by atoms with Crippen LogP contribution in [0.1, 0.15) is 12.0 Å². The zero-order valence-corrected chi connectivity index (χ0v) is 17.3. The molecule has 0 radical (unpaired) electrons. The molecule has 9 heteroatoms. The van der Waals surface area contributed by atoms with Crippen molar-refractivity contribution in [1.29, 1.82) is 0 Å². The highest BCUT2D eigenvalue weighted by Crippen LogP contribution is 2.31. The fraction of sp³-hybridized carbons (Fsp3) is 0.333. The third kappa shape index (κ3) is 5.61. The van der Waals surface area contributed by atoms with Crippen molar-refractivity contribution in [3.63, 3.8) is 0 Å². The Hall–Kier alpha value is -2.26. The Bertz CT molecular complexity index is 898. The number of hydrogen-bond acceptors (Lipinski definition) is 7. The van der Waals surface area contributed by atoms with Gasteiger partial charge in [-0.25, -0.2) is 12.7 Å². The molecule has 1 aromatic heterocycles. The van der Waals surface area contributed by atoms with Gasteiger partial charge in [-0.05, 0) is 25.1 Å². The minimum atomic E-state index is -3.86. The number of anilines is 1. The number of carbonyl (C=O) groups is 1. The third-order valence-corrected chi connectivity index (χ3v) is 5.68. The number of rotatable bonds is 8. The van der Waals surface area contributed by atoms with E-state index in [4.69, 9.17) is 9.47 Å². The first-order chi connectivity index (χ1) is 12.8. The number of methoxy groups -OCH3 is 2. The number of aryl methyl sites for hydroxylation is 1. The molecule has 0 aliphatic rings. The van der Waals surface area contributed by atoms with Gasteiger partial charge in [0.05, 0.1) is 20.5 Å². The van der Waals surface area contributed by atoms with Crippen LogP contribution in [-0.4, -0.2) is 45.5 Å². The van der Waals surface area contributed by atoms with E-state index >= 15 is 0 Å². The van der Waals surface area contributed by atoms with Crippen molar-refractivity contribution in [2.75, 3.05) is 30.5 Å². The number of hydrogen-bond donors (Lipinski definition) is 0. The number of carbonyl (C=O) groups excluding carboxylic acids is 1. The highest BCUT2D eigenvalue weighted by atomic mass is 32.2. The van der Waals surface area contributed by atoms with Crippen LogP contribution in [0.3, 0.4) is 0 Å². The van der Waals surface area contributed by atoms with Gasteiger partial charge in [0.2, 0.25) is 27.7 Å². The molecule has 0 unspecified atom stereocenters. The van der Waals surface area contributed by atoms with Crippen molar-refractivity contribution >= 4 is 33.4 Å². The lowest BCUT2D eigenvalue weighted by molar-refractivity contribution is -0.117. The van der Waals surface area contributed by atoms with Crippen LogP contribution in [0.25, 0.3) is 0 Å². The number of thioether (sulfide) groups is 1. The van der Waals surface area contributed by atoms with E-state index in [0.717, 1.165) is 21.0 Å².